The van der Waals surface area contributed by atoms with Crippen LogP contribution >= 0.6 is 0 Å². The number of nitrogens with one attached hydrogen (secondary N) is 2. The molecule has 0 aliphatic carbocycles. The first-order valence-electron chi connectivity index (χ1n) is 7.26. The van der Waals surface area contributed by atoms with Crippen LogP contribution in [0.3, 0.4) is 0 Å². The highest BCUT2D eigenvalue weighted by Crippen LogP contribution is 1.91. The summed E-state index contributed by atoms with van der Waals surface area (Å²) in [5.74, 6) is -0.922. The monoisotopic (exact) mass is 324 g/mol. The Kier molecular flexibility index (Phi) is 9.65. The van der Waals surface area contributed by atoms with Crippen molar-refractivity contribution >= 4 is 24.4 Å². The standard InChI is InChI=1S/C14H21BN2O6/c1-3-20-10-13(18)16-22-15(12-8-6-5-7-9-12)23-17-14(19)11-21-4-2/h5-9H,3-4,10-11H2,1-2H3,(H,16,18)(H,17,19). The number of benzene rings is 1. The smallest absolute Gasteiger partial charge is 0.372 e. The van der Waals surface area contributed by atoms with E-state index in [1.165, 1.54) is 0 Å². The van der Waals surface area contributed by atoms with E-state index < -0.39 is 18.9 Å². The molecule has 0 atom stereocenters. The fourth-order valence-electron chi connectivity index (χ4n) is 1.46. The molecule has 1 rings (SSSR count). The fourth-order valence-corrected chi connectivity index (χ4v) is 1.46. The summed E-state index contributed by atoms with van der Waals surface area (Å²) in [6.45, 7) is 4.12. The molecule has 0 aliphatic heterocycles. The highest BCUT2D eigenvalue weighted by atomic mass is 16.8. The van der Waals surface area contributed by atoms with Crippen molar-refractivity contribution in [3.05, 3.63) is 30.3 Å². The second kappa shape index (κ2) is 11.6. The minimum atomic E-state index is -1.01. The van der Waals surface area contributed by atoms with E-state index in [0.717, 1.165) is 0 Å². The Morgan fingerprint density at radius 1 is 0.913 bits per heavy atom. The maximum atomic E-state index is 11.5. The van der Waals surface area contributed by atoms with Crippen LogP contribution in [0.5, 0.6) is 0 Å². The maximum Gasteiger partial charge on any atom is 0.538 e. The number of carbonyl (C=O) groups excluding carboxylic acids is 2. The lowest BCUT2D eigenvalue weighted by Gasteiger charge is -2.15. The van der Waals surface area contributed by atoms with Gasteiger partial charge in [0.25, 0.3) is 11.8 Å². The Labute approximate surface area is 135 Å². The molecule has 0 radical (unpaired) electrons. The molecule has 126 valence electrons. The van der Waals surface area contributed by atoms with E-state index in [4.69, 9.17) is 19.0 Å². The molecular formula is C14H21BN2O6. The molecule has 2 N–H and O–H groups in total. The molecule has 0 saturated carbocycles. The Morgan fingerprint density at radius 3 is 1.83 bits per heavy atom. The largest absolute Gasteiger partial charge is 0.538 e. The van der Waals surface area contributed by atoms with E-state index in [1.54, 1.807) is 38.1 Å². The van der Waals surface area contributed by atoms with Crippen LogP contribution in [-0.4, -0.2) is 45.4 Å². The predicted octanol–water partition coefficient (Wildman–Crippen LogP) is -0.450. The third-order valence-corrected chi connectivity index (χ3v) is 2.51. The lowest BCUT2D eigenvalue weighted by Crippen LogP contribution is -2.48. The second-order valence-electron chi connectivity index (χ2n) is 4.30. The summed E-state index contributed by atoms with van der Waals surface area (Å²) >= 11 is 0. The van der Waals surface area contributed by atoms with E-state index in [-0.39, 0.29) is 13.2 Å². The molecule has 0 saturated heterocycles. The van der Waals surface area contributed by atoms with Crippen molar-refractivity contribution in [3.63, 3.8) is 0 Å². The average molecular weight is 324 g/mol. The van der Waals surface area contributed by atoms with Crippen molar-refractivity contribution in [1.82, 2.24) is 11.0 Å². The van der Waals surface area contributed by atoms with Crippen LogP contribution in [0.1, 0.15) is 13.8 Å². The highest BCUT2D eigenvalue weighted by Gasteiger charge is 2.24. The molecule has 0 spiro atoms. The van der Waals surface area contributed by atoms with Crippen LogP contribution < -0.4 is 16.4 Å². The summed E-state index contributed by atoms with van der Waals surface area (Å²) in [6, 6.07) is 8.84. The van der Waals surface area contributed by atoms with E-state index in [1.807, 2.05) is 6.07 Å². The molecule has 0 aliphatic rings. The normalized spacial score (nSPS) is 10.2. The van der Waals surface area contributed by atoms with Crippen molar-refractivity contribution in [2.24, 2.45) is 0 Å². The quantitative estimate of drug-likeness (QED) is 0.423. The van der Waals surface area contributed by atoms with Crippen molar-refractivity contribution in [2.45, 2.75) is 13.8 Å². The molecule has 8 nitrogen and oxygen atoms in total. The van der Waals surface area contributed by atoms with Gasteiger partial charge in [0, 0.05) is 13.2 Å². The van der Waals surface area contributed by atoms with Crippen LogP contribution in [0.2, 0.25) is 0 Å². The van der Waals surface area contributed by atoms with Gasteiger partial charge in [-0.25, -0.2) is 11.0 Å². The Balaban J connectivity index is 2.53. The second-order valence-corrected chi connectivity index (χ2v) is 4.30. The van der Waals surface area contributed by atoms with Crippen molar-refractivity contribution in [1.29, 1.82) is 0 Å². The third kappa shape index (κ3) is 8.31. The van der Waals surface area contributed by atoms with Crippen LogP contribution in [0.25, 0.3) is 0 Å². The van der Waals surface area contributed by atoms with Crippen molar-refractivity contribution < 1.29 is 28.6 Å². The van der Waals surface area contributed by atoms with Crippen molar-refractivity contribution in [3.8, 4) is 0 Å². The fraction of sp³-hybridized carbons (Fsp3) is 0.429. The summed E-state index contributed by atoms with van der Waals surface area (Å²) in [5, 5.41) is 0. The summed E-state index contributed by atoms with van der Waals surface area (Å²) in [5.41, 5.74) is 5.03. The van der Waals surface area contributed by atoms with Gasteiger partial charge >= 0.3 is 7.12 Å². The average Bonchev–Trinajstić information content (AvgIpc) is 2.58. The molecule has 0 heterocycles. The van der Waals surface area contributed by atoms with Gasteiger partial charge in [-0.2, -0.15) is 0 Å². The van der Waals surface area contributed by atoms with Crippen LogP contribution in [0.4, 0.5) is 0 Å². The number of carbonyl (C=O) groups is 2. The van der Waals surface area contributed by atoms with Gasteiger partial charge in [-0.1, -0.05) is 30.3 Å². The number of hydrogen-bond donors (Lipinski definition) is 2. The van der Waals surface area contributed by atoms with E-state index >= 15 is 0 Å². The Bertz CT molecular complexity index is 450. The van der Waals surface area contributed by atoms with E-state index in [2.05, 4.69) is 11.0 Å². The lowest BCUT2D eigenvalue weighted by molar-refractivity contribution is -0.135. The molecular weight excluding hydrogens is 303 g/mol. The van der Waals surface area contributed by atoms with Crippen LogP contribution in [0.15, 0.2) is 30.3 Å². The predicted molar refractivity (Wildman–Crippen MR) is 83.3 cm³/mol. The minimum absolute atomic E-state index is 0.130. The van der Waals surface area contributed by atoms with Gasteiger partial charge in [0.2, 0.25) is 0 Å². The van der Waals surface area contributed by atoms with Crippen molar-refractivity contribution in [2.75, 3.05) is 26.4 Å². The van der Waals surface area contributed by atoms with Gasteiger partial charge in [-0.05, 0) is 19.3 Å². The van der Waals surface area contributed by atoms with Crippen LogP contribution in [0, 0.1) is 0 Å². The molecule has 1 aromatic carbocycles. The zero-order valence-corrected chi connectivity index (χ0v) is 13.2. The molecule has 2 amide bonds. The van der Waals surface area contributed by atoms with Gasteiger partial charge < -0.3 is 9.47 Å². The summed E-state index contributed by atoms with van der Waals surface area (Å²) in [6.07, 6.45) is 0. The third-order valence-electron chi connectivity index (χ3n) is 2.51. The van der Waals surface area contributed by atoms with Gasteiger partial charge in [-0.3, -0.25) is 19.1 Å². The summed E-state index contributed by atoms with van der Waals surface area (Å²) in [4.78, 5) is 23.0. The van der Waals surface area contributed by atoms with Gasteiger partial charge in [0.05, 0.1) is 0 Å². The highest BCUT2D eigenvalue weighted by molar-refractivity contribution is 6.61. The number of ether oxygens (including phenoxy) is 2. The summed E-state index contributed by atoms with van der Waals surface area (Å²) in [7, 11) is -1.01. The zero-order chi connectivity index (χ0) is 16.9. The molecule has 0 unspecified atom stereocenters. The van der Waals surface area contributed by atoms with E-state index in [9.17, 15) is 9.59 Å². The first kappa shape index (κ1) is 19.1. The maximum absolute atomic E-state index is 11.5. The number of amides is 2. The SMILES string of the molecule is CCOCC(=O)NOB(ONC(=O)COCC)c1ccccc1. The molecule has 0 bridgehead atoms. The zero-order valence-electron chi connectivity index (χ0n) is 13.2. The topological polar surface area (TPSA) is 95.1 Å². The molecule has 9 heteroatoms. The van der Waals surface area contributed by atoms with E-state index in [0.29, 0.717) is 18.7 Å². The number of hydroxylamine groups is 2. The summed E-state index contributed by atoms with van der Waals surface area (Å²) < 4.78 is 20.3. The Hall–Kier alpha value is -1.94. The van der Waals surface area contributed by atoms with Gasteiger partial charge in [-0.15, -0.1) is 0 Å². The van der Waals surface area contributed by atoms with Gasteiger partial charge in [0.15, 0.2) is 0 Å². The first-order valence-corrected chi connectivity index (χ1v) is 7.26. The molecule has 23 heavy (non-hydrogen) atoms. The lowest BCUT2D eigenvalue weighted by atomic mass is 9.80. The molecule has 1 aromatic rings. The number of rotatable bonds is 11. The molecule has 0 aromatic heterocycles. The minimum Gasteiger partial charge on any atom is -0.372 e. The van der Waals surface area contributed by atoms with Gasteiger partial charge in [0.1, 0.15) is 13.2 Å². The first-order chi connectivity index (χ1) is 11.2. The molecule has 0 fully saturated rings. The van der Waals surface area contributed by atoms with Crippen LogP contribution in [-0.2, 0) is 28.6 Å². The Morgan fingerprint density at radius 2 is 1.39 bits per heavy atom. The number of hydrogen-bond acceptors (Lipinski definition) is 6.